The Kier molecular flexibility index (Phi) is 5.41. The molecule has 1 rings (SSSR count). The quantitative estimate of drug-likeness (QED) is 0.569. The molecule has 0 saturated heterocycles. The lowest BCUT2D eigenvalue weighted by Crippen LogP contribution is -2.09. The van der Waals surface area contributed by atoms with Crippen LogP contribution in [0.4, 0.5) is 0 Å². The first-order chi connectivity index (χ1) is 6.97. The summed E-state index contributed by atoms with van der Waals surface area (Å²) in [6.45, 7) is 0. The zero-order valence-corrected chi connectivity index (χ0v) is 11.0. The smallest absolute Gasteiger partial charge is 0.147 e. The van der Waals surface area contributed by atoms with Crippen molar-refractivity contribution in [2.45, 2.75) is 50.3 Å². The van der Waals surface area contributed by atoms with Crippen LogP contribution in [0.5, 0.6) is 0 Å². The van der Waals surface area contributed by atoms with E-state index >= 15 is 0 Å². The number of sulfone groups is 1. The first kappa shape index (κ1) is 13.3. The molecular weight excluding hydrogens is 232 g/mol. The van der Waals surface area contributed by atoms with Gasteiger partial charge in [-0.3, -0.25) is 0 Å². The van der Waals surface area contributed by atoms with Crippen LogP contribution in [0.15, 0.2) is 0 Å². The van der Waals surface area contributed by atoms with Gasteiger partial charge in [-0.1, -0.05) is 19.3 Å². The zero-order chi connectivity index (χ0) is 11.3. The van der Waals surface area contributed by atoms with Gasteiger partial charge in [0.25, 0.3) is 0 Å². The van der Waals surface area contributed by atoms with Crippen molar-refractivity contribution in [2.24, 2.45) is 5.92 Å². The van der Waals surface area contributed by atoms with Gasteiger partial charge in [-0.25, -0.2) is 8.42 Å². The van der Waals surface area contributed by atoms with Gasteiger partial charge in [-0.2, -0.15) is 0 Å². The van der Waals surface area contributed by atoms with Crippen molar-refractivity contribution in [3.05, 3.63) is 0 Å². The third kappa shape index (κ3) is 6.41. The highest BCUT2D eigenvalue weighted by Crippen LogP contribution is 2.29. The Bertz CT molecular complexity index is 274. The van der Waals surface area contributed by atoms with Gasteiger partial charge >= 0.3 is 0 Å². The predicted molar refractivity (Wildman–Crippen MR) is 65.2 cm³/mol. The van der Waals surface area contributed by atoms with Gasteiger partial charge in [0.05, 0.1) is 0 Å². The number of halogens is 1. The van der Waals surface area contributed by atoms with E-state index in [0.717, 1.165) is 25.7 Å². The highest BCUT2D eigenvalue weighted by atomic mass is 35.5. The van der Waals surface area contributed by atoms with Gasteiger partial charge in [0.15, 0.2) is 0 Å². The molecule has 0 spiro atoms. The van der Waals surface area contributed by atoms with Crippen LogP contribution in [0, 0.1) is 5.92 Å². The molecule has 0 aromatic carbocycles. The SMILES string of the molecule is CS(=O)(=O)CCCC1CCCCC(Cl)C1. The lowest BCUT2D eigenvalue weighted by Gasteiger charge is -2.15. The Labute approximate surface area is 98.3 Å². The van der Waals surface area contributed by atoms with Gasteiger partial charge in [0, 0.05) is 17.4 Å². The summed E-state index contributed by atoms with van der Waals surface area (Å²) in [6, 6.07) is 0. The first-order valence-electron chi connectivity index (χ1n) is 5.79. The van der Waals surface area contributed by atoms with Gasteiger partial charge in [-0.05, 0) is 31.6 Å². The average molecular weight is 253 g/mol. The van der Waals surface area contributed by atoms with E-state index in [0.29, 0.717) is 17.0 Å². The number of alkyl halides is 1. The number of rotatable bonds is 4. The Morgan fingerprint density at radius 2 is 1.93 bits per heavy atom. The summed E-state index contributed by atoms with van der Waals surface area (Å²) in [4.78, 5) is 0. The van der Waals surface area contributed by atoms with Crippen LogP contribution in [0.3, 0.4) is 0 Å². The van der Waals surface area contributed by atoms with Crippen molar-refractivity contribution in [1.82, 2.24) is 0 Å². The number of hydrogen-bond acceptors (Lipinski definition) is 2. The summed E-state index contributed by atoms with van der Waals surface area (Å²) < 4.78 is 22.0. The van der Waals surface area contributed by atoms with Crippen molar-refractivity contribution in [1.29, 1.82) is 0 Å². The van der Waals surface area contributed by atoms with E-state index in [1.807, 2.05) is 0 Å². The second-order valence-electron chi connectivity index (χ2n) is 4.76. The maximum Gasteiger partial charge on any atom is 0.147 e. The largest absolute Gasteiger partial charge is 0.229 e. The third-order valence-electron chi connectivity index (χ3n) is 3.10. The number of hydrogen-bond donors (Lipinski definition) is 0. The molecule has 1 fully saturated rings. The van der Waals surface area contributed by atoms with E-state index in [9.17, 15) is 8.42 Å². The summed E-state index contributed by atoms with van der Waals surface area (Å²) in [7, 11) is -2.78. The minimum absolute atomic E-state index is 0.315. The molecule has 0 aliphatic heterocycles. The van der Waals surface area contributed by atoms with Gasteiger partial charge < -0.3 is 0 Å². The highest BCUT2D eigenvalue weighted by Gasteiger charge is 2.18. The molecule has 2 atom stereocenters. The summed E-state index contributed by atoms with van der Waals surface area (Å²) in [6.07, 6.45) is 9.06. The molecule has 0 N–H and O–H groups in total. The molecule has 90 valence electrons. The zero-order valence-electron chi connectivity index (χ0n) is 9.41. The molecule has 0 radical (unpaired) electrons. The predicted octanol–water partition coefficient (Wildman–Crippen LogP) is 3.00. The van der Waals surface area contributed by atoms with Crippen LogP contribution < -0.4 is 0 Å². The monoisotopic (exact) mass is 252 g/mol. The van der Waals surface area contributed by atoms with Crippen LogP contribution in [0.2, 0.25) is 0 Å². The fourth-order valence-corrected chi connectivity index (χ4v) is 3.39. The minimum Gasteiger partial charge on any atom is -0.229 e. The van der Waals surface area contributed by atoms with Crippen LogP contribution >= 0.6 is 11.6 Å². The first-order valence-corrected chi connectivity index (χ1v) is 8.29. The Hall–Kier alpha value is 0.240. The summed E-state index contributed by atoms with van der Waals surface area (Å²) in [5.41, 5.74) is 0. The maximum atomic E-state index is 11.0. The maximum absolute atomic E-state index is 11.0. The molecule has 2 unspecified atom stereocenters. The van der Waals surface area contributed by atoms with Crippen LogP contribution in [0.1, 0.15) is 44.9 Å². The lowest BCUT2D eigenvalue weighted by molar-refractivity contribution is 0.425. The molecule has 15 heavy (non-hydrogen) atoms. The molecular formula is C11H21ClO2S. The second-order valence-corrected chi connectivity index (χ2v) is 7.63. The molecule has 0 aromatic heterocycles. The van der Waals surface area contributed by atoms with E-state index in [4.69, 9.17) is 11.6 Å². The molecule has 1 aliphatic carbocycles. The van der Waals surface area contributed by atoms with Gasteiger partial charge in [0.2, 0.25) is 0 Å². The molecule has 1 saturated carbocycles. The average Bonchev–Trinajstić information content (AvgIpc) is 2.27. The topological polar surface area (TPSA) is 34.1 Å². The van der Waals surface area contributed by atoms with E-state index in [1.165, 1.54) is 25.5 Å². The standard InChI is InChI=1S/C11H21ClO2S/c1-15(13,14)8-4-6-10-5-2-3-7-11(12)9-10/h10-11H,2-9H2,1H3. The van der Waals surface area contributed by atoms with E-state index in [-0.39, 0.29) is 0 Å². The van der Waals surface area contributed by atoms with E-state index in [2.05, 4.69) is 0 Å². The van der Waals surface area contributed by atoms with Crippen molar-refractivity contribution in [2.75, 3.05) is 12.0 Å². The second kappa shape index (κ2) is 6.09. The van der Waals surface area contributed by atoms with Crippen LogP contribution in [-0.4, -0.2) is 25.8 Å². The van der Waals surface area contributed by atoms with Crippen LogP contribution in [0.25, 0.3) is 0 Å². The summed E-state index contributed by atoms with van der Waals surface area (Å²) in [5.74, 6) is 0.980. The van der Waals surface area contributed by atoms with Crippen LogP contribution in [-0.2, 0) is 9.84 Å². The Balaban J connectivity index is 2.25. The highest BCUT2D eigenvalue weighted by molar-refractivity contribution is 7.90. The Morgan fingerprint density at radius 3 is 2.60 bits per heavy atom. The van der Waals surface area contributed by atoms with Gasteiger partial charge in [-0.15, -0.1) is 11.6 Å². The Morgan fingerprint density at radius 1 is 1.27 bits per heavy atom. The molecule has 4 heteroatoms. The van der Waals surface area contributed by atoms with Crippen molar-refractivity contribution in [3.63, 3.8) is 0 Å². The molecule has 0 aromatic rings. The lowest BCUT2D eigenvalue weighted by atomic mass is 9.95. The normalized spacial score (nSPS) is 28.7. The molecule has 0 bridgehead atoms. The van der Waals surface area contributed by atoms with E-state index < -0.39 is 9.84 Å². The molecule has 0 heterocycles. The van der Waals surface area contributed by atoms with Crippen molar-refractivity contribution >= 4 is 21.4 Å². The molecule has 0 amide bonds. The minimum atomic E-state index is -2.78. The summed E-state index contributed by atoms with van der Waals surface area (Å²) >= 11 is 6.17. The fourth-order valence-electron chi connectivity index (χ4n) is 2.29. The van der Waals surface area contributed by atoms with Gasteiger partial charge in [0.1, 0.15) is 9.84 Å². The van der Waals surface area contributed by atoms with Crippen molar-refractivity contribution < 1.29 is 8.42 Å². The molecule has 1 aliphatic rings. The van der Waals surface area contributed by atoms with Crippen molar-refractivity contribution in [3.8, 4) is 0 Å². The van der Waals surface area contributed by atoms with E-state index in [1.54, 1.807) is 0 Å². The fraction of sp³-hybridized carbons (Fsp3) is 1.00. The third-order valence-corrected chi connectivity index (χ3v) is 4.52. The summed E-state index contributed by atoms with van der Waals surface area (Å²) in [5, 5.41) is 0.315. The molecule has 2 nitrogen and oxygen atoms in total.